The van der Waals surface area contributed by atoms with E-state index < -0.39 is 0 Å². The van der Waals surface area contributed by atoms with Gasteiger partial charge in [-0.05, 0) is 31.5 Å². The van der Waals surface area contributed by atoms with Crippen LogP contribution < -0.4 is 5.32 Å². The molecule has 0 aliphatic rings. The van der Waals surface area contributed by atoms with E-state index in [1.54, 1.807) is 0 Å². The molecule has 0 aliphatic heterocycles. The quantitative estimate of drug-likeness (QED) is 0.735. The molecule has 74 valence electrons. The number of hydrogen-bond donors (Lipinski definition) is 1. The van der Waals surface area contributed by atoms with Crippen LogP contribution in [0.5, 0.6) is 0 Å². The third-order valence-corrected chi connectivity index (χ3v) is 2.23. The summed E-state index contributed by atoms with van der Waals surface area (Å²) in [6.07, 6.45) is 3.42. The Labute approximate surface area is 81.0 Å². The highest BCUT2D eigenvalue weighted by atomic mass is 15.0. The molecule has 0 fully saturated rings. The molecule has 0 amide bonds. The minimum absolute atomic E-state index is 0.782. The molecule has 1 heterocycles. The number of rotatable bonds is 5. The van der Waals surface area contributed by atoms with E-state index in [4.69, 9.17) is 0 Å². The molecule has 0 radical (unpaired) electrons. The summed E-state index contributed by atoms with van der Waals surface area (Å²) in [6, 6.07) is 4.30. The maximum absolute atomic E-state index is 3.18. The Kier molecular flexibility index (Phi) is 4.03. The molecular formula is C11H20N2. The maximum Gasteiger partial charge on any atom is 0.0356 e. The molecule has 0 spiro atoms. The van der Waals surface area contributed by atoms with Gasteiger partial charge in [-0.3, -0.25) is 0 Å². The van der Waals surface area contributed by atoms with Gasteiger partial charge < -0.3 is 9.88 Å². The molecule has 0 bridgehead atoms. The van der Waals surface area contributed by atoms with Crippen LogP contribution in [-0.4, -0.2) is 11.6 Å². The van der Waals surface area contributed by atoms with E-state index in [-0.39, 0.29) is 0 Å². The van der Waals surface area contributed by atoms with Crippen molar-refractivity contribution in [2.45, 2.75) is 33.4 Å². The van der Waals surface area contributed by atoms with Crippen molar-refractivity contribution >= 4 is 0 Å². The van der Waals surface area contributed by atoms with E-state index in [9.17, 15) is 0 Å². The minimum atomic E-state index is 0.782. The molecule has 2 nitrogen and oxygen atoms in total. The summed E-state index contributed by atoms with van der Waals surface area (Å²) in [5, 5.41) is 3.18. The Morgan fingerprint density at radius 1 is 1.46 bits per heavy atom. The molecule has 13 heavy (non-hydrogen) atoms. The lowest BCUT2D eigenvalue weighted by atomic mass is 10.1. The summed E-state index contributed by atoms with van der Waals surface area (Å²) in [5.41, 5.74) is 1.38. The number of nitrogens with zero attached hydrogens (tertiary/aromatic N) is 1. The standard InChI is InChI=1S/C11H20N2/c1-10(2)6-8-13-7-4-5-11(13)9-12-3/h4-5,7,10,12H,6,8-9H2,1-3H3. The second kappa shape index (κ2) is 5.07. The fraction of sp³-hybridized carbons (Fsp3) is 0.636. The minimum Gasteiger partial charge on any atom is -0.350 e. The first kappa shape index (κ1) is 10.3. The summed E-state index contributed by atoms with van der Waals surface area (Å²) in [5.74, 6) is 0.782. The van der Waals surface area contributed by atoms with Crippen LogP contribution in [0.3, 0.4) is 0 Å². The van der Waals surface area contributed by atoms with Gasteiger partial charge in [-0.15, -0.1) is 0 Å². The third-order valence-electron chi connectivity index (χ3n) is 2.23. The lowest BCUT2D eigenvalue weighted by molar-refractivity contribution is 0.504. The molecule has 0 aromatic carbocycles. The molecule has 1 rings (SSSR count). The van der Waals surface area contributed by atoms with Gasteiger partial charge in [-0.2, -0.15) is 0 Å². The number of nitrogens with one attached hydrogen (secondary N) is 1. The Hall–Kier alpha value is -0.760. The first-order valence-corrected chi connectivity index (χ1v) is 5.02. The topological polar surface area (TPSA) is 17.0 Å². The van der Waals surface area contributed by atoms with Gasteiger partial charge in [-0.25, -0.2) is 0 Å². The zero-order valence-electron chi connectivity index (χ0n) is 8.88. The van der Waals surface area contributed by atoms with Crippen LogP contribution in [0.1, 0.15) is 26.0 Å². The van der Waals surface area contributed by atoms with E-state index in [0.29, 0.717) is 0 Å². The Morgan fingerprint density at radius 2 is 2.23 bits per heavy atom. The summed E-state index contributed by atoms with van der Waals surface area (Å²) >= 11 is 0. The molecule has 2 heteroatoms. The van der Waals surface area contributed by atoms with Gasteiger partial charge in [0, 0.05) is 25.0 Å². The van der Waals surface area contributed by atoms with E-state index in [1.165, 1.54) is 12.1 Å². The molecular weight excluding hydrogens is 160 g/mol. The maximum atomic E-state index is 3.18. The molecule has 0 atom stereocenters. The molecule has 1 aromatic rings. The SMILES string of the molecule is CNCc1cccn1CCC(C)C. The average Bonchev–Trinajstić information content (AvgIpc) is 2.49. The molecule has 0 saturated carbocycles. The predicted molar refractivity (Wildman–Crippen MR) is 56.7 cm³/mol. The average molecular weight is 180 g/mol. The summed E-state index contributed by atoms with van der Waals surface area (Å²) in [4.78, 5) is 0. The zero-order chi connectivity index (χ0) is 9.68. The second-order valence-corrected chi connectivity index (χ2v) is 3.91. The first-order chi connectivity index (χ1) is 6.24. The summed E-state index contributed by atoms with van der Waals surface area (Å²) in [6.45, 7) is 6.63. The van der Waals surface area contributed by atoms with Gasteiger partial charge in [0.2, 0.25) is 0 Å². The highest BCUT2D eigenvalue weighted by Gasteiger charge is 2.00. The van der Waals surface area contributed by atoms with Crippen molar-refractivity contribution in [3.63, 3.8) is 0 Å². The molecule has 1 aromatic heterocycles. The Morgan fingerprint density at radius 3 is 2.85 bits per heavy atom. The van der Waals surface area contributed by atoms with Gasteiger partial charge >= 0.3 is 0 Å². The van der Waals surface area contributed by atoms with Crippen molar-refractivity contribution in [3.8, 4) is 0 Å². The van der Waals surface area contributed by atoms with Crippen LogP contribution in [-0.2, 0) is 13.1 Å². The molecule has 1 N–H and O–H groups in total. The van der Waals surface area contributed by atoms with Gasteiger partial charge in [0.05, 0.1) is 0 Å². The van der Waals surface area contributed by atoms with Crippen LogP contribution in [0.2, 0.25) is 0 Å². The van der Waals surface area contributed by atoms with Crippen molar-refractivity contribution < 1.29 is 0 Å². The number of aryl methyl sites for hydroxylation is 1. The zero-order valence-corrected chi connectivity index (χ0v) is 8.88. The van der Waals surface area contributed by atoms with E-state index in [1.807, 2.05) is 7.05 Å². The largest absolute Gasteiger partial charge is 0.350 e. The van der Waals surface area contributed by atoms with Gasteiger partial charge in [-0.1, -0.05) is 13.8 Å². The Balaban J connectivity index is 2.49. The van der Waals surface area contributed by atoms with Crippen LogP contribution in [0, 0.1) is 5.92 Å². The van der Waals surface area contributed by atoms with E-state index in [0.717, 1.165) is 19.0 Å². The first-order valence-electron chi connectivity index (χ1n) is 5.02. The predicted octanol–water partition coefficient (Wildman–Crippen LogP) is 2.25. The molecule has 0 saturated heterocycles. The van der Waals surface area contributed by atoms with Crippen LogP contribution in [0.25, 0.3) is 0 Å². The highest BCUT2D eigenvalue weighted by molar-refractivity contribution is 5.06. The van der Waals surface area contributed by atoms with E-state index >= 15 is 0 Å². The summed E-state index contributed by atoms with van der Waals surface area (Å²) < 4.78 is 2.33. The van der Waals surface area contributed by atoms with E-state index in [2.05, 4.69) is 42.1 Å². The fourth-order valence-corrected chi connectivity index (χ4v) is 1.41. The fourth-order valence-electron chi connectivity index (χ4n) is 1.41. The van der Waals surface area contributed by atoms with Gasteiger partial charge in [0.15, 0.2) is 0 Å². The van der Waals surface area contributed by atoms with Crippen LogP contribution in [0.4, 0.5) is 0 Å². The smallest absolute Gasteiger partial charge is 0.0356 e. The third kappa shape index (κ3) is 3.23. The lowest BCUT2D eigenvalue weighted by Crippen LogP contribution is -2.11. The Bertz CT molecular complexity index is 238. The number of hydrogen-bond acceptors (Lipinski definition) is 1. The highest BCUT2D eigenvalue weighted by Crippen LogP contribution is 2.07. The van der Waals surface area contributed by atoms with Crippen molar-refractivity contribution in [2.75, 3.05) is 7.05 Å². The van der Waals surface area contributed by atoms with Gasteiger partial charge in [0.1, 0.15) is 0 Å². The van der Waals surface area contributed by atoms with Crippen molar-refractivity contribution in [1.82, 2.24) is 9.88 Å². The molecule has 0 aliphatic carbocycles. The van der Waals surface area contributed by atoms with Crippen molar-refractivity contribution in [2.24, 2.45) is 5.92 Å². The summed E-state index contributed by atoms with van der Waals surface area (Å²) in [7, 11) is 1.99. The molecule has 0 unspecified atom stereocenters. The van der Waals surface area contributed by atoms with Gasteiger partial charge in [0.25, 0.3) is 0 Å². The van der Waals surface area contributed by atoms with Crippen molar-refractivity contribution in [1.29, 1.82) is 0 Å². The van der Waals surface area contributed by atoms with Crippen molar-refractivity contribution in [3.05, 3.63) is 24.0 Å². The number of aromatic nitrogens is 1. The lowest BCUT2D eigenvalue weighted by Gasteiger charge is -2.10. The second-order valence-electron chi connectivity index (χ2n) is 3.91. The van der Waals surface area contributed by atoms with Crippen LogP contribution >= 0.6 is 0 Å². The normalized spacial score (nSPS) is 11.1. The monoisotopic (exact) mass is 180 g/mol. The van der Waals surface area contributed by atoms with Crippen LogP contribution in [0.15, 0.2) is 18.3 Å².